The number of thiazole rings is 1. The summed E-state index contributed by atoms with van der Waals surface area (Å²) in [6.45, 7) is 0. The Hall–Kier alpha value is -3.27. The monoisotopic (exact) mass is 360 g/mol. The molecule has 25 heavy (non-hydrogen) atoms. The molecule has 0 saturated heterocycles. The van der Waals surface area contributed by atoms with Crippen LogP contribution < -0.4 is 4.90 Å². The second-order valence-corrected chi connectivity index (χ2v) is 6.34. The summed E-state index contributed by atoms with van der Waals surface area (Å²) in [5.41, 5.74) is -0.582. The molecule has 0 unspecified atom stereocenters. The number of hydrogen-bond acceptors (Lipinski definition) is 8. The molecule has 2 heterocycles. The molecule has 0 aliphatic rings. The zero-order chi connectivity index (χ0) is 18.1. The maximum absolute atomic E-state index is 11.2. The van der Waals surface area contributed by atoms with E-state index in [2.05, 4.69) is 4.98 Å². The normalized spacial score (nSPS) is 11.3. The highest BCUT2D eigenvalue weighted by molar-refractivity contribution is 7.19. The molecule has 0 radical (unpaired) electrons. The highest BCUT2D eigenvalue weighted by atomic mass is 32.1. The Kier molecular flexibility index (Phi) is 4.19. The van der Waals surface area contributed by atoms with Crippen molar-refractivity contribution in [1.29, 1.82) is 0 Å². The molecule has 0 fully saturated rings. The molecule has 0 aliphatic heterocycles. The van der Waals surface area contributed by atoms with Gasteiger partial charge in [-0.2, -0.15) is 0 Å². The predicted molar refractivity (Wildman–Crippen MR) is 94.9 cm³/mol. The molecular formula is C15H12N4O5S. The van der Waals surface area contributed by atoms with Gasteiger partial charge < -0.3 is 9.32 Å². The largest absolute Gasteiger partial charge is 0.441 e. The molecule has 3 aromatic rings. The van der Waals surface area contributed by atoms with Crippen molar-refractivity contribution in [3.05, 3.63) is 55.3 Å². The number of nitro groups is 2. The van der Waals surface area contributed by atoms with Crippen molar-refractivity contribution < 1.29 is 14.3 Å². The van der Waals surface area contributed by atoms with Gasteiger partial charge in [0.2, 0.25) is 0 Å². The first-order chi connectivity index (χ1) is 11.8. The molecular weight excluding hydrogens is 348 g/mol. The summed E-state index contributed by atoms with van der Waals surface area (Å²) in [6, 6.07) is 5.80. The lowest BCUT2D eigenvalue weighted by Crippen LogP contribution is -2.06. The van der Waals surface area contributed by atoms with E-state index in [-0.39, 0.29) is 16.9 Å². The zero-order valence-corrected chi connectivity index (χ0v) is 14.0. The highest BCUT2D eigenvalue weighted by Crippen LogP contribution is 2.34. The highest BCUT2D eigenvalue weighted by Gasteiger charge is 2.22. The number of aromatic nitrogens is 1. The topological polar surface area (TPSA) is 116 Å². The van der Waals surface area contributed by atoms with E-state index in [0.717, 1.165) is 17.4 Å². The van der Waals surface area contributed by atoms with Gasteiger partial charge in [0.05, 0.1) is 20.6 Å². The summed E-state index contributed by atoms with van der Waals surface area (Å²) >= 11 is 1.13. The van der Waals surface area contributed by atoms with Crippen molar-refractivity contribution in [2.24, 2.45) is 0 Å². The van der Waals surface area contributed by atoms with Crippen molar-refractivity contribution in [1.82, 2.24) is 4.98 Å². The van der Waals surface area contributed by atoms with Gasteiger partial charge in [-0.1, -0.05) is 0 Å². The lowest BCUT2D eigenvalue weighted by Gasteiger charge is -2.05. The Morgan fingerprint density at radius 3 is 2.52 bits per heavy atom. The molecule has 2 aromatic heterocycles. The standard InChI is InChI=1S/C15H12N4O5S/c1-17(2)14-6-4-10(24-14)3-5-13-16-15-11(19(22)23)7-9(18(20)21)8-12(15)25-13/h3-8H,1-2H3/b5-3+. The maximum atomic E-state index is 11.2. The molecule has 0 atom stereocenters. The van der Waals surface area contributed by atoms with Gasteiger partial charge in [0.25, 0.3) is 5.69 Å². The van der Waals surface area contributed by atoms with Gasteiger partial charge in [-0.05, 0) is 18.2 Å². The van der Waals surface area contributed by atoms with Crippen LogP contribution in [-0.4, -0.2) is 28.9 Å². The van der Waals surface area contributed by atoms with Gasteiger partial charge in [-0.25, -0.2) is 4.98 Å². The van der Waals surface area contributed by atoms with E-state index >= 15 is 0 Å². The van der Waals surface area contributed by atoms with E-state index in [1.807, 2.05) is 25.1 Å². The van der Waals surface area contributed by atoms with Crippen LogP contribution in [-0.2, 0) is 0 Å². The van der Waals surface area contributed by atoms with Crippen molar-refractivity contribution in [3.63, 3.8) is 0 Å². The number of nitrogens with zero attached hydrogens (tertiary/aromatic N) is 4. The van der Waals surface area contributed by atoms with Crippen molar-refractivity contribution >= 4 is 51.0 Å². The summed E-state index contributed by atoms with van der Waals surface area (Å²) in [4.78, 5) is 26.8. The fourth-order valence-corrected chi connectivity index (χ4v) is 3.08. The number of nitro benzene ring substituents is 2. The molecule has 3 rings (SSSR count). The number of anilines is 1. The molecule has 0 N–H and O–H groups in total. The van der Waals surface area contributed by atoms with Gasteiger partial charge in [-0.15, -0.1) is 11.3 Å². The third-order valence-corrected chi connectivity index (χ3v) is 4.29. The molecule has 9 nitrogen and oxygen atoms in total. The minimum Gasteiger partial charge on any atom is -0.441 e. The summed E-state index contributed by atoms with van der Waals surface area (Å²) in [5, 5.41) is 22.6. The molecule has 128 valence electrons. The number of hydrogen-bond donors (Lipinski definition) is 0. The summed E-state index contributed by atoms with van der Waals surface area (Å²) in [5.74, 6) is 1.29. The maximum Gasteiger partial charge on any atom is 0.303 e. The van der Waals surface area contributed by atoms with Crippen LogP contribution >= 0.6 is 11.3 Å². The fraction of sp³-hybridized carbons (Fsp3) is 0.133. The first-order valence-electron chi connectivity index (χ1n) is 7.04. The van der Waals surface area contributed by atoms with Gasteiger partial charge in [0.15, 0.2) is 11.4 Å². The molecule has 0 aliphatic carbocycles. The Balaban J connectivity index is 1.99. The number of fused-ring (bicyclic) bond motifs is 1. The Labute approximate surface area is 145 Å². The quantitative estimate of drug-likeness (QED) is 0.500. The van der Waals surface area contributed by atoms with E-state index in [4.69, 9.17) is 4.42 Å². The van der Waals surface area contributed by atoms with Crippen LogP contribution in [0.3, 0.4) is 0 Å². The predicted octanol–water partition coefficient (Wildman–Crippen LogP) is 3.94. The van der Waals surface area contributed by atoms with Crippen LogP contribution in [0.2, 0.25) is 0 Å². The number of furan rings is 1. The zero-order valence-electron chi connectivity index (χ0n) is 13.2. The van der Waals surface area contributed by atoms with Crippen LogP contribution in [0.25, 0.3) is 22.4 Å². The van der Waals surface area contributed by atoms with Crippen molar-refractivity contribution in [2.45, 2.75) is 0 Å². The van der Waals surface area contributed by atoms with Gasteiger partial charge in [0.1, 0.15) is 10.8 Å². The Morgan fingerprint density at radius 1 is 1.16 bits per heavy atom. The van der Waals surface area contributed by atoms with Crippen LogP contribution in [0.4, 0.5) is 17.3 Å². The second-order valence-electron chi connectivity index (χ2n) is 5.28. The summed E-state index contributed by atoms with van der Waals surface area (Å²) in [6.07, 6.45) is 3.34. The smallest absolute Gasteiger partial charge is 0.303 e. The molecule has 0 bridgehead atoms. The minimum absolute atomic E-state index is 0.133. The number of non-ortho nitro benzene ring substituents is 2. The third kappa shape index (κ3) is 3.33. The van der Waals surface area contributed by atoms with Crippen LogP contribution in [0.1, 0.15) is 10.8 Å². The Morgan fingerprint density at radius 2 is 1.92 bits per heavy atom. The van der Waals surface area contributed by atoms with Crippen molar-refractivity contribution in [2.75, 3.05) is 19.0 Å². The average Bonchev–Trinajstić information content (AvgIpc) is 3.17. The van der Waals surface area contributed by atoms with Crippen molar-refractivity contribution in [3.8, 4) is 0 Å². The van der Waals surface area contributed by atoms with Gasteiger partial charge in [-0.3, -0.25) is 20.2 Å². The van der Waals surface area contributed by atoms with Crippen LogP contribution in [0.5, 0.6) is 0 Å². The van der Waals surface area contributed by atoms with E-state index < -0.39 is 9.85 Å². The van der Waals surface area contributed by atoms with E-state index in [0.29, 0.717) is 21.4 Å². The SMILES string of the molecule is CN(C)c1ccc(/C=C/c2nc3c([N+](=O)[O-])cc([N+](=O)[O-])cc3s2)o1. The van der Waals surface area contributed by atoms with Gasteiger partial charge in [0, 0.05) is 26.2 Å². The third-order valence-electron chi connectivity index (χ3n) is 3.33. The van der Waals surface area contributed by atoms with Gasteiger partial charge >= 0.3 is 5.69 Å². The molecule has 10 heteroatoms. The first-order valence-corrected chi connectivity index (χ1v) is 7.85. The number of rotatable bonds is 5. The van der Waals surface area contributed by atoms with E-state index in [1.165, 1.54) is 6.07 Å². The Bertz CT molecular complexity index is 1000. The average molecular weight is 360 g/mol. The van der Waals surface area contributed by atoms with Crippen LogP contribution in [0, 0.1) is 20.2 Å². The lowest BCUT2D eigenvalue weighted by atomic mass is 10.2. The summed E-state index contributed by atoms with van der Waals surface area (Å²) < 4.78 is 5.96. The first kappa shape index (κ1) is 16.6. The summed E-state index contributed by atoms with van der Waals surface area (Å²) in [7, 11) is 3.71. The molecule has 1 aromatic carbocycles. The number of benzene rings is 1. The van der Waals surface area contributed by atoms with E-state index in [1.54, 1.807) is 18.2 Å². The molecule has 0 spiro atoms. The van der Waals surface area contributed by atoms with E-state index in [9.17, 15) is 20.2 Å². The molecule has 0 amide bonds. The lowest BCUT2D eigenvalue weighted by molar-refractivity contribution is -0.393. The van der Waals surface area contributed by atoms with Crippen LogP contribution in [0.15, 0.2) is 28.7 Å². The minimum atomic E-state index is -0.668. The fourth-order valence-electron chi connectivity index (χ4n) is 2.16. The second kappa shape index (κ2) is 6.32. The molecule has 0 saturated carbocycles.